The summed E-state index contributed by atoms with van der Waals surface area (Å²) < 4.78 is 15.9. The van der Waals surface area contributed by atoms with Crippen molar-refractivity contribution in [1.29, 1.82) is 0 Å². The number of carbonyl (C=O) groups excluding carboxylic acids is 1. The molecule has 0 aliphatic heterocycles. The maximum Gasteiger partial charge on any atom is 0.227 e. The molecule has 1 heterocycles. The first kappa shape index (κ1) is 18.4. The molecule has 0 aliphatic carbocycles. The Balaban J connectivity index is 1.39. The summed E-state index contributed by atoms with van der Waals surface area (Å²) in [6.07, 6.45) is 0.657. The van der Waals surface area contributed by atoms with E-state index in [0.29, 0.717) is 31.3 Å². The average molecular weight is 367 g/mol. The fraction of sp³-hybridized carbons (Fsp3) is 0.250. The number of para-hydroxylation sites is 1. The third-order valence-electron chi connectivity index (χ3n) is 3.82. The van der Waals surface area contributed by atoms with Gasteiger partial charge in [-0.1, -0.05) is 23.4 Å². The van der Waals surface area contributed by atoms with Crippen molar-refractivity contribution in [2.24, 2.45) is 0 Å². The van der Waals surface area contributed by atoms with Gasteiger partial charge in [-0.15, -0.1) is 0 Å². The van der Waals surface area contributed by atoms with Gasteiger partial charge in [-0.25, -0.2) is 0 Å². The third kappa shape index (κ3) is 5.57. The molecule has 0 bridgehead atoms. The molecule has 2 aromatic carbocycles. The van der Waals surface area contributed by atoms with Crippen LogP contribution in [0.25, 0.3) is 11.4 Å². The highest BCUT2D eigenvalue weighted by Gasteiger charge is 2.10. The average Bonchev–Trinajstić information content (AvgIpc) is 3.19. The summed E-state index contributed by atoms with van der Waals surface area (Å²) in [6.45, 7) is 0.854. The number of aromatic nitrogens is 2. The first-order valence-electron chi connectivity index (χ1n) is 8.66. The van der Waals surface area contributed by atoms with Crippen molar-refractivity contribution >= 4 is 5.91 Å². The smallest absolute Gasteiger partial charge is 0.227 e. The molecule has 0 unspecified atom stereocenters. The zero-order valence-electron chi connectivity index (χ0n) is 15.1. The van der Waals surface area contributed by atoms with Gasteiger partial charge in [0.15, 0.2) is 0 Å². The number of aryl methyl sites for hydroxylation is 1. The molecule has 27 heavy (non-hydrogen) atoms. The minimum absolute atomic E-state index is 0.0872. The topological polar surface area (TPSA) is 86.5 Å². The molecule has 0 saturated carbocycles. The molecule has 1 aromatic heterocycles. The van der Waals surface area contributed by atoms with Gasteiger partial charge < -0.3 is 19.3 Å². The van der Waals surface area contributed by atoms with Gasteiger partial charge in [-0.05, 0) is 36.4 Å². The monoisotopic (exact) mass is 367 g/mol. The zero-order valence-corrected chi connectivity index (χ0v) is 15.1. The van der Waals surface area contributed by atoms with E-state index >= 15 is 0 Å². The van der Waals surface area contributed by atoms with E-state index in [2.05, 4.69) is 15.5 Å². The van der Waals surface area contributed by atoms with E-state index in [4.69, 9.17) is 14.0 Å². The fourth-order valence-corrected chi connectivity index (χ4v) is 2.40. The van der Waals surface area contributed by atoms with Crippen LogP contribution in [0.15, 0.2) is 59.1 Å². The molecule has 0 saturated heterocycles. The van der Waals surface area contributed by atoms with Gasteiger partial charge >= 0.3 is 0 Å². The van der Waals surface area contributed by atoms with Crippen molar-refractivity contribution in [2.45, 2.75) is 12.8 Å². The van der Waals surface area contributed by atoms with Crippen molar-refractivity contribution in [1.82, 2.24) is 15.5 Å². The van der Waals surface area contributed by atoms with Gasteiger partial charge in [-0.2, -0.15) is 4.98 Å². The number of benzene rings is 2. The highest BCUT2D eigenvalue weighted by Crippen LogP contribution is 2.19. The van der Waals surface area contributed by atoms with E-state index in [1.165, 1.54) is 0 Å². The zero-order chi connectivity index (χ0) is 18.9. The first-order valence-corrected chi connectivity index (χ1v) is 8.66. The van der Waals surface area contributed by atoms with Crippen LogP contribution in [0.5, 0.6) is 11.5 Å². The summed E-state index contributed by atoms with van der Waals surface area (Å²) >= 11 is 0. The van der Waals surface area contributed by atoms with Crippen LogP contribution in [0, 0.1) is 0 Å². The van der Waals surface area contributed by atoms with Crippen LogP contribution in [-0.4, -0.2) is 36.3 Å². The Morgan fingerprint density at radius 3 is 2.59 bits per heavy atom. The Morgan fingerprint density at radius 2 is 1.85 bits per heavy atom. The minimum atomic E-state index is -0.0872. The molecule has 1 N–H and O–H groups in total. The van der Waals surface area contributed by atoms with Crippen LogP contribution in [0.2, 0.25) is 0 Å². The molecular weight excluding hydrogens is 346 g/mol. The second-order valence-electron chi connectivity index (χ2n) is 5.75. The van der Waals surface area contributed by atoms with Crippen LogP contribution in [0.1, 0.15) is 12.3 Å². The number of ether oxygens (including phenoxy) is 2. The van der Waals surface area contributed by atoms with E-state index in [0.717, 1.165) is 17.1 Å². The summed E-state index contributed by atoms with van der Waals surface area (Å²) in [5, 5.41) is 6.76. The number of methoxy groups -OCH3 is 1. The summed E-state index contributed by atoms with van der Waals surface area (Å²) in [4.78, 5) is 16.2. The number of nitrogens with zero attached hydrogens (tertiary/aromatic N) is 2. The predicted octanol–water partition coefficient (Wildman–Crippen LogP) is 2.87. The molecule has 0 atom stereocenters. The Hall–Kier alpha value is -3.35. The molecule has 3 rings (SSSR count). The molecule has 140 valence electrons. The lowest BCUT2D eigenvalue weighted by Gasteiger charge is -2.07. The van der Waals surface area contributed by atoms with Crippen molar-refractivity contribution in [2.75, 3.05) is 20.3 Å². The quantitative estimate of drug-likeness (QED) is 0.585. The summed E-state index contributed by atoms with van der Waals surface area (Å²) in [7, 11) is 1.61. The number of carbonyl (C=O) groups is 1. The molecule has 1 amide bonds. The Kier molecular flexibility index (Phi) is 6.40. The SMILES string of the molecule is COc1ccc(-c2noc(CCC(=O)NCCOc3ccccc3)n2)cc1. The highest BCUT2D eigenvalue weighted by atomic mass is 16.5. The van der Waals surface area contributed by atoms with Gasteiger partial charge in [-0.3, -0.25) is 4.79 Å². The van der Waals surface area contributed by atoms with E-state index in [-0.39, 0.29) is 12.3 Å². The second-order valence-corrected chi connectivity index (χ2v) is 5.75. The normalized spacial score (nSPS) is 10.4. The molecule has 7 heteroatoms. The standard InChI is InChI=1S/C20H21N3O4/c1-25-16-9-7-15(8-10-16)20-22-19(27-23-20)12-11-18(24)21-13-14-26-17-5-3-2-4-6-17/h2-10H,11-14H2,1H3,(H,21,24). The first-order chi connectivity index (χ1) is 13.2. The van der Waals surface area contributed by atoms with Gasteiger partial charge in [0.2, 0.25) is 17.6 Å². The summed E-state index contributed by atoms with van der Waals surface area (Å²) in [5.41, 5.74) is 0.827. The van der Waals surface area contributed by atoms with Crippen LogP contribution in [0.3, 0.4) is 0 Å². The van der Waals surface area contributed by atoms with Crippen LogP contribution in [-0.2, 0) is 11.2 Å². The maximum absolute atomic E-state index is 11.9. The lowest BCUT2D eigenvalue weighted by atomic mass is 10.2. The molecule has 0 fully saturated rings. The van der Waals surface area contributed by atoms with Gasteiger partial charge in [0.05, 0.1) is 13.7 Å². The van der Waals surface area contributed by atoms with E-state index in [9.17, 15) is 4.79 Å². The van der Waals surface area contributed by atoms with E-state index < -0.39 is 0 Å². The number of hydrogen-bond acceptors (Lipinski definition) is 6. The number of hydrogen-bond donors (Lipinski definition) is 1. The molecule has 7 nitrogen and oxygen atoms in total. The lowest BCUT2D eigenvalue weighted by Crippen LogP contribution is -2.28. The summed E-state index contributed by atoms with van der Waals surface area (Å²) in [6, 6.07) is 16.8. The third-order valence-corrected chi connectivity index (χ3v) is 3.82. The number of amides is 1. The number of rotatable bonds is 9. The Bertz CT molecular complexity index is 847. The molecule has 0 aliphatic rings. The number of nitrogens with one attached hydrogen (secondary N) is 1. The van der Waals surface area contributed by atoms with Crippen LogP contribution >= 0.6 is 0 Å². The fourth-order valence-electron chi connectivity index (χ4n) is 2.40. The Labute approximate surface area is 157 Å². The van der Waals surface area contributed by atoms with Gasteiger partial charge in [0, 0.05) is 18.4 Å². The van der Waals surface area contributed by atoms with Crippen molar-refractivity contribution in [3.63, 3.8) is 0 Å². The van der Waals surface area contributed by atoms with Gasteiger partial charge in [0.1, 0.15) is 18.1 Å². The maximum atomic E-state index is 11.9. The van der Waals surface area contributed by atoms with Crippen molar-refractivity contribution in [3.8, 4) is 22.9 Å². The van der Waals surface area contributed by atoms with Gasteiger partial charge in [0.25, 0.3) is 0 Å². The van der Waals surface area contributed by atoms with E-state index in [1.807, 2.05) is 54.6 Å². The second kappa shape index (κ2) is 9.38. The molecule has 0 radical (unpaired) electrons. The van der Waals surface area contributed by atoms with Crippen LogP contribution < -0.4 is 14.8 Å². The Morgan fingerprint density at radius 1 is 1.07 bits per heavy atom. The molecule has 0 spiro atoms. The summed E-state index contributed by atoms with van der Waals surface area (Å²) in [5.74, 6) is 2.37. The van der Waals surface area contributed by atoms with E-state index in [1.54, 1.807) is 7.11 Å². The highest BCUT2D eigenvalue weighted by molar-refractivity contribution is 5.76. The lowest BCUT2D eigenvalue weighted by molar-refractivity contribution is -0.121. The van der Waals surface area contributed by atoms with Crippen molar-refractivity contribution < 1.29 is 18.8 Å². The molecule has 3 aromatic rings. The van der Waals surface area contributed by atoms with Crippen molar-refractivity contribution in [3.05, 3.63) is 60.5 Å². The minimum Gasteiger partial charge on any atom is -0.497 e. The van der Waals surface area contributed by atoms with Crippen LogP contribution in [0.4, 0.5) is 0 Å². The molecular formula is C20H21N3O4. The predicted molar refractivity (Wildman–Crippen MR) is 99.6 cm³/mol. The largest absolute Gasteiger partial charge is 0.497 e.